The highest BCUT2D eigenvalue weighted by molar-refractivity contribution is 5.95. The van der Waals surface area contributed by atoms with Gasteiger partial charge in [0.05, 0.1) is 24.9 Å². The van der Waals surface area contributed by atoms with Gasteiger partial charge in [-0.2, -0.15) is 0 Å². The maximum Gasteiger partial charge on any atom is 0.241 e. The highest BCUT2D eigenvalue weighted by Crippen LogP contribution is 2.24. The Morgan fingerprint density at radius 1 is 1.00 bits per heavy atom. The monoisotopic (exact) mass is 472 g/mol. The molecule has 8 nitrogen and oxygen atoms in total. The smallest absolute Gasteiger partial charge is 0.241 e. The van der Waals surface area contributed by atoms with Gasteiger partial charge in [-0.1, -0.05) is 19.1 Å². The fraction of sp³-hybridized carbons (Fsp3) is 0.370. The number of morpholine rings is 1. The number of nitrogens with zero attached hydrogens (tertiary/aromatic N) is 4. The molecule has 0 radical (unpaired) electrons. The summed E-state index contributed by atoms with van der Waals surface area (Å²) in [6.45, 7) is 7.37. The van der Waals surface area contributed by atoms with Crippen LogP contribution in [0.15, 0.2) is 60.8 Å². The third-order valence-electron chi connectivity index (χ3n) is 6.68. The van der Waals surface area contributed by atoms with Gasteiger partial charge in [-0.05, 0) is 68.4 Å². The summed E-state index contributed by atoms with van der Waals surface area (Å²) in [5.41, 5.74) is 4.71. The summed E-state index contributed by atoms with van der Waals surface area (Å²) >= 11 is 0. The number of likely N-dealkylation sites (tertiary alicyclic amines) is 1. The topological polar surface area (TPSA) is 82.6 Å². The second-order valence-corrected chi connectivity index (χ2v) is 8.89. The maximum absolute atomic E-state index is 12.7. The molecule has 2 aliphatic heterocycles. The van der Waals surface area contributed by atoms with Gasteiger partial charge in [0, 0.05) is 41.9 Å². The molecular formula is C27H32N6O2. The molecule has 3 heterocycles. The lowest BCUT2D eigenvalue weighted by molar-refractivity contribution is -0.120. The van der Waals surface area contributed by atoms with E-state index in [1.807, 2.05) is 42.5 Å². The number of amides is 1. The van der Waals surface area contributed by atoms with Gasteiger partial charge in [0.15, 0.2) is 0 Å². The number of hydrogen-bond donors (Lipinski definition) is 2. The average molecular weight is 473 g/mol. The quantitative estimate of drug-likeness (QED) is 0.535. The first-order valence-electron chi connectivity index (χ1n) is 12.4. The summed E-state index contributed by atoms with van der Waals surface area (Å²) in [5, 5.41) is 6.36. The number of likely N-dealkylation sites (N-methyl/N-ethyl adjacent to an activating group) is 1. The van der Waals surface area contributed by atoms with E-state index in [-0.39, 0.29) is 11.9 Å². The number of nitrogens with one attached hydrogen (secondary N) is 2. The Morgan fingerprint density at radius 2 is 1.74 bits per heavy atom. The molecule has 0 spiro atoms. The van der Waals surface area contributed by atoms with Gasteiger partial charge >= 0.3 is 0 Å². The van der Waals surface area contributed by atoms with Crippen LogP contribution in [-0.4, -0.2) is 66.2 Å². The van der Waals surface area contributed by atoms with Gasteiger partial charge in [-0.3, -0.25) is 9.69 Å². The van der Waals surface area contributed by atoms with E-state index in [0.717, 1.165) is 74.9 Å². The van der Waals surface area contributed by atoms with Crippen molar-refractivity contribution >= 4 is 28.9 Å². The summed E-state index contributed by atoms with van der Waals surface area (Å²) in [4.78, 5) is 26.3. The Labute approximate surface area is 206 Å². The van der Waals surface area contributed by atoms with Gasteiger partial charge < -0.3 is 20.3 Å². The van der Waals surface area contributed by atoms with E-state index in [2.05, 4.69) is 49.5 Å². The lowest BCUT2D eigenvalue weighted by Gasteiger charge is -2.28. The van der Waals surface area contributed by atoms with Crippen molar-refractivity contribution in [2.45, 2.75) is 25.8 Å². The Balaban J connectivity index is 1.22. The summed E-state index contributed by atoms with van der Waals surface area (Å²) in [6, 6.07) is 18.0. The first-order valence-corrected chi connectivity index (χ1v) is 12.4. The molecule has 8 heteroatoms. The van der Waals surface area contributed by atoms with Gasteiger partial charge in [-0.15, -0.1) is 0 Å². The van der Waals surface area contributed by atoms with Gasteiger partial charge in [-0.25, -0.2) is 9.97 Å². The lowest BCUT2D eigenvalue weighted by atomic mass is 10.1. The van der Waals surface area contributed by atoms with E-state index in [1.165, 1.54) is 5.69 Å². The molecule has 2 aromatic carbocycles. The largest absolute Gasteiger partial charge is 0.378 e. The van der Waals surface area contributed by atoms with Crippen molar-refractivity contribution in [2.75, 3.05) is 54.9 Å². The molecule has 2 fully saturated rings. The van der Waals surface area contributed by atoms with E-state index in [9.17, 15) is 4.79 Å². The minimum Gasteiger partial charge on any atom is -0.378 e. The van der Waals surface area contributed by atoms with Crippen LogP contribution >= 0.6 is 0 Å². The first-order chi connectivity index (χ1) is 17.2. The van der Waals surface area contributed by atoms with Crippen LogP contribution in [0.2, 0.25) is 0 Å². The molecule has 2 aliphatic rings. The van der Waals surface area contributed by atoms with Gasteiger partial charge in [0.2, 0.25) is 11.9 Å². The highest BCUT2D eigenvalue weighted by atomic mass is 16.5. The van der Waals surface area contributed by atoms with Crippen molar-refractivity contribution in [2.24, 2.45) is 0 Å². The zero-order chi connectivity index (χ0) is 24.0. The summed E-state index contributed by atoms with van der Waals surface area (Å²) in [5.74, 6) is 0.616. The minimum absolute atomic E-state index is 0.0295. The minimum atomic E-state index is -0.0295. The Bertz CT molecular complexity index is 1130. The predicted octanol–water partition coefficient (Wildman–Crippen LogP) is 4.15. The summed E-state index contributed by atoms with van der Waals surface area (Å²) in [6.07, 6.45) is 3.75. The van der Waals surface area contributed by atoms with Crippen molar-refractivity contribution in [3.63, 3.8) is 0 Å². The molecule has 0 unspecified atom stereocenters. The van der Waals surface area contributed by atoms with Crippen LogP contribution in [0.5, 0.6) is 0 Å². The number of carbonyl (C=O) groups excluding carboxylic acids is 1. The second-order valence-electron chi connectivity index (χ2n) is 8.89. The predicted molar refractivity (Wildman–Crippen MR) is 139 cm³/mol. The molecular weight excluding hydrogens is 440 g/mol. The van der Waals surface area contributed by atoms with Crippen LogP contribution in [-0.2, 0) is 9.53 Å². The van der Waals surface area contributed by atoms with Gasteiger partial charge in [0.25, 0.3) is 0 Å². The third kappa shape index (κ3) is 5.61. The van der Waals surface area contributed by atoms with E-state index in [0.29, 0.717) is 5.95 Å². The Kier molecular flexibility index (Phi) is 7.20. The third-order valence-corrected chi connectivity index (χ3v) is 6.68. The molecule has 1 atom stereocenters. The highest BCUT2D eigenvalue weighted by Gasteiger charge is 2.29. The number of carbonyl (C=O) groups is 1. The fourth-order valence-corrected chi connectivity index (χ4v) is 4.74. The number of rotatable bonds is 7. The van der Waals surface area contributed by atoms with Crippen molar-refractivity contribution in [3.8, 4) is 11.3 Å². The van der Waals surface area contributed by atoms with Gasteiger partial charge in [0.1, 0.15) is 0 Å². The van der Waals surface area contributed by atoms with Crippen LogP contribution < -0.4 is 15.5 Å². The van der Waals surface area contributed by atoms with Crippen LogP contribution in [0.1, 0.15) is 19.8 Å². The molecule has 35 heavy (non-hydrogen) atoms. The number of aromatic nitrogens is 2. The number of hydrogen-bond acceptors (Lipinski definition) is 7. The Morgan fingerprint density at radius 3 is 2.49 bits per heavy atom. The van der Waals surface area contributed by atoms with Crippen LogP contribution in [0, 0.1) is 0 Å². The molecule has 2 saturated heterocycles. The molecule has 1 amide bonds. The molecule has 2 N–H and O–H groups in total. The maximum atomic E-state index is 12.7. The zero-order valence-electron chi connectivity index (χ0n) is 20.1. The van der Waals surface area contributed by atoms with Crippen LogP contribution in [0.3, 0.4) is 0 Å². The van der Waals surface area contributed by atoms with Crippen molar-refractivity contribution in [1.29, 1.82) is 0 Å². The van der Waals surface area contributed by atoms with E-state index < -0.39 is 0 Å². The normalized spacial score (nSPS) is 18.4. The lowest BCUT2D eigenvalue weighted by Crippen LogP contribution is -2.39. The van der Waals surface area contributed by atoms with E-state index in [1.54, 1.807) is 6.20 Å². The van der Waals surface area contributed by atoms with Crippen LogP contribution in [0.4, 0.5) is 23.0 Å². The van der Waals surface area contributed by atoms with Crippen LogP contribution in [0.25, 0.3) is 11.3 Å². The molecule has 3 aromatic rings. The zero-order valence-corrected chi connectivity index (χ0v) is 20.1. The molecule has 5 rings (SSSR count). The van der Waals surface area contributed by atoms with Crippen molar-refractivity contribution < 1.29 is 9.53 Å². The van der Waals surface area contributed by atoms with Crippen molar-refractivity contribution in [1.82, 2.24) is 14.9 Å². The number of benzene rings is 2. The molecule has 182 valence electrons. The fourth-order valence-electron chi connectivity index (χ4n) is 4.74. The standard InChI is InChI=1S/C27H32N6O2/c1-2-32-15-3-4-25(32)26(34)29-21-7-5-20(6-8-21)24-13-14-28-27(31-24)30-22-9-11-23(12-10-22)33-16-18-35-19-17-33/h5-14,25H,2-4,15-19H2,1H3,(H,29,34)(H,28,30,31)/t25-/m1/s1. The second kappa shape index (κ2) is 10.8. The SMILES string of the molecule is CCN1CCC[C@@H]1C(=O)Nc1ccc(-c2ccnc(Nc3ccc(N4CCOCC4)cc3)n2)cc1. The van der Waals surface area contributed by atoms with E-state index >= 15 is 0 Å². The molecule has 0 aliphatic carbocycles. The molecule has 1 aromatic heterocycles. The number of ether oxygens (including phenoxy) is 1. The summed E-state index contributed by atoms with van der Waals surface area (Å²) < 4.78 is 5.43. The summed E-state index contributed by atoms with van der Waals surface area (Å²) in [7, 11) is 0. The molecule has 0 bridgehead atoms. The molecule has 0 saturated carbocycles. The Hall–Kier alpha value is -3.49. The number of anilines is 4. The first kappa shape index (κ1) is 23.3. The van der Waals surface area contributed by atoms with E-state index in [4.69, 9.17) is 4.74 Å². The van der Waals surface area contributed by atoms with Crippen molar-refractivity contribution in [3.05, 3.63) is 60.8 Å². The average Bonchev–Trinajstić information content (AvgIpc) is 3.40.